The van der Waals surface area contributed by atoms with Gasteiger partial charge in [-0.2, -0.15) is 13.2 Å². The van der Waals surface area contributed by atoms with Gasteiger partial charge in [0.05, 0.1) is 12.4 Å². The van der Waals surface area contributed by atoms with Gasteiger partial charge >= 0.3 is 6.18 Å². The average Bonchev–Trinajstić information content (AvgIpc) is 2.62. The predicted molar refractivity (Wildman–Crippen MR) is 56.3 cm³/mol. The Morgan fingerprint density at radius 3 is 2.31 bits per heavy atom. The topological polar surface area (TPSA) is 17.8 Å². The highest BCUT2D eigenvalue weighted by atomic mass is 79.9. The molecule has 2 rings (SSSR count). The third-order valence-corrected chi connectivity index (χ3v) is 1.93. The van der Waals surface area contributed by atoms with Crippen molar-refractivity contribution >= 4 is 15.9 Å². The lowest BCUT2D eigenvalue weighted by molar-refractivity contribution is -0.137. The summed E-state index contributed by atoms with van der Waals surface area (Å²) < 4.78 is 84.6. The maximum Gasteiger partial charge on any atom is 0.416 e. The lowest BCUT2D eigenvalue weighted by Gasteiger charge is -2.07. The van der Waals surface area contributed by atoms with E-state index in [1.807, 2.05) is 0 Å². The maximum absolute atomic E-state index is 12.9. The van der Waals surface area contributed by atoms with Crippen LogP contribution in [0.3, 0.4) is 0 Å². The smallest absolute Gasteiger partial charge is 0.305 e. The van der Waals surface area contributed by atoms with Gasteiger partial charge in [0, 0.05) is 11.9 Å². The highest BCUT2D eigenvalue weighted by Crippen LogP contribution is 2.29. The molecule has 0 aliphatic heterocycles. The number of hydrogen-bond donors (Lipinski definition) is 0. The van der Waals surface area contributed by atoms with Crippen LogP contribution in [0.5, 0.6) is 0 Å². The number of imidazole rings is 1. The molecule has 0 N–H and O–H groups in total. The largest absolute Gasteiger partial charge is 0.416 e. The van der Waals surface area contributed by atoms with E-state index in [0.29, 0.717) is 4.57 Å². The molecule has 0 amide bonds. The Balaban J connectivity index is 2.92. The molecule has 0 bridgehead atoms. The molecular formula is C10H6BrF3N2. The summed E-state index contributed by atoms with van der Waals surface area (Å²) in [5.41, 5.74) is -2.32. The Labute approximate surface area is 106 Å². The van der Waals surface area contributed by atoms with E-state index < -0.39 is 54.1 Å². The lowest BCUT2D eigenvalue weighted by atomic mass is 10.2. The quantitative estimate of drug-likeness (QED) is 0.785. The summed E-state index contributed by atoms with van der Waals surface area (Å²) in [6, 6.07) is -4.57. The second kappa shape index (κ2) is 3.93. The minimum atomic E-state index is -5.05. The number of rotatable bonds is 1. The van der Waals surface area contributed by atoms with E-state index in [0.717, 1.165) is 0 Å². The van der Waals surface area contributed by atoms with Crippen LogP contribution in [-0.2, 0) is 6.18 Å². The van der Waals surface area contributed by atoms with Gasteiger partial charge in [-0.25, -0.2) is 4.98 Å². The second-order valence-corrected chi connectivity index (χ2v) is 3.42. The number of alkyl halides is 3. The van der Waals surface area contributed by atoms with Gasteiger partial charge in [-0.15, -0.1) is 0 Å². The molecule has 1 aromatic heterocycles. The average molecular weight is 297 g/mol. The number of nitrogens with zero attached hydrogens (tertiary/aromatic N) is 2. The summed E-state index contributed by atoms with van der Waals surface area (Å²) in [7, 11) is 0. The zero-order chi connectivity index (χ0) is 17.0. The molecule has 0 radical (unpaired) electrons. The van der Waals surface area contributed by atoms with Crippen LogP contribution >= 0.6 is 15.9 Å². The van der Waals surface area contributed by atoms with E-state index in [1.165, 1.54) is 0 Å². The van der Waals surface area contributed by atoms with Crippen LogP contribution in [0.4, 0.5) is 13.2 Å². The van der Waals surface area contributed by atoms with E-state index >= 15 is 0 Å². The van der Waals surface area contributed by atoms with Gasteiger partial charge in [-0.3, -0.25) is 0 Å². The molecule has 0 saturated heterocycles. The highest BCUT2D eigenvalue weighted by molar-refractivity contribution is 9.10. The third-order valence-electron chi connectivity index (χ3n) is 1.57. The minimum Gasteiger partial charge on any atom is -0.305 e. The van der Waals surface area contributed by atoms with Crippen molar-refractivity contribution in [2.24, 2.45) is 0 Å². The van der Waals surface area contributed by atoms with E-state index in [4.69, 9.17) is 8.22 Å². The van der Waals surface area contributed by atoms with Crippen LogP contribution in [0.25, 0.3) is 5.69 Å². The Bertz CT molecular complexity index is 744. The molecule has 0 spiro atoms. The van der Waals surface area contributed by atoms with Crippen molar-refractivity contribution < 1.29 is 21.4 Å². The van der Waals surface area contributed by atoms with Crippen LogP contribution in [0.15, 0.2) is 41.2 Å². The molecule has 0 aliphatic rings. The molecule has 16 heavy (non-hydrogen) atoms. The van der Waals surface area contributed by atoms with E-state index in [2.05, 4.69) is 20.9 Å². The fourth-order valence-electron chi connectivity index (χ4n) is 0.901. The Hall–Kier alpha value is -1.30. The van der Waals surface area contributed by atoms with Gasteiger partial charge in [-0.05, 0) is 40.1 Å². The van der Waals surface area contributed by atoms with E-state index in [9.17, 15) is 13.2 Å². The highest BCUT2D eigenvalue weighted by Gasteiger charge is 2.29. The van der Waals surface area contributed by atoms with Gasteiger partial charge < -0.3 is 4.57 Å². The molecule has 1 heterocycles. The summed E-state index contributed by atoms with van der Waals surface area (Å²) in [6.07, 6.45) is -6.12. The van der Waals surface area contributed by atoms with E-state index in [-0.39, 0.29) is 4.60 Å². The SMILES string of the molecule is [2H]c1c([2H])c(C(F)(F)F)c([2H])c([2H])c1-n1c([2H])nc(Br)c1[2H]. The molecule has 2 nitrogen and oxygen atoms in total. The second-order valence-electron chi connectivity index (χ2n) is 2.67. The standard InChI is InChI=1S/C10H6BrF3N2/c11-9-5-16(6-15-9)8-3-1-7(2-4-8)10(12,13)14/h1-6H/i1D,2D,3D,4D,5D,6D. The third kappa shape index (κ3) is 2.27. The van der Waals surface area contributed by atoms with Crippen molar-refractivity contribution in [1.29, 1.82) is 0 Å². The first-order valence-corrected chi connectivity index (χ1v) is 4.67. The number of hydrogen-bond acceptors (Lipinski definition) is 1. The molecule has 0 unspecified atom stereocenters. The molecule has 2 aromatic rings. The van der Waals surface area contributed by atoms with Crippen molar-refractivity contribution in [3.8, 4) is 5.69 Å². The Morgan fingerprint density at radius 2 is 1.88 bits per heavy atom. The van der Waals surface area contributed by atoms with Crippen molar-refractivity contribution in [3.05, 3.63) is 46.8 Å². The van der Waals surface area contributed by atoms with Crippen molar-refractivity contribution in [3.63, 3.8) is 0 Å². The van der Waals surface area contributed by atoms with Crippen LogP contribution in [0.2, 0.25) is 0 Å². The van der Waals surface area contributed by atoms with Gasteiger partial charge in [0.25, 0.3) is 0 Å². The van der Waals surface area contributed by atoms with Crippen molar-refractivity contribution in [2.75, 3.05) is 0 Å². The first-order chi connectivity index (χ1) is 9.98. The van der Waals surface area contributed by atoms with Crippen molar-refractivity contribution in [1.82, 2.24) is 9.55 Å². The number of halogens is 4. The molecule has 1 aromatic carbocycles. The fourth-order valence-corrected chi connectivity index (χ4v) is 1.16. The predicted octanol–water partition coefficient (Wildman–Crippen LogP) is 3.65. The molecule has 0 atom stereocenters. The lowest BCUT2D eigenvalue weighted by Crippen LogP contribution is -2.04. The Kier molecular flexibility index (Phi) is 1.44. The number of aromatic nitrogens is 2. The molecule has 0 fully saturated rings. The first kappa shape index (κ1) is 5.86. The summed E-state index contributed by atoms with van der Waals surface area (Å²) in [4.78, 5) is 3.55. The van der Waals surface area contributed by atoms with Gasteiger partial charge in [0.2, 0.25) is 0 Å². The fraction of sp³-hybridized carbons (Fsp3) is 0.100. The first-order valence-electron chi connectivity index (χ1n) is 6.87. The van der Waals surface area contributed by atoms with Crippen LogP contribution in [0.1, 0.15) is 13.8 Å². The van der Waals surface area contributed by atoms with Gasteiger partial charge in [-0.1, -0.05) is 0 Å². The summed E-state index contributed by atoms with van der Waals surface area (Å²) >= 11 is 2.86. The summed E-state index contributed by atoms with van der Waals surface area (Å²) in [6.45, 7) is 0. The maximum atomic E-state index is 12.9. The van der Waals surface area contributed by atoms with Crippen LogP contribution < -0.4 is 0 Å². The molecule has 0 saturated carbocycles. The number of benzene rings is 1. The molecule has 6 heteroatoms. The summed E-state index contributed by atoms with van der Waals surface area (Å²) in [5, 5.41) is 0. The van der Waals surface area contributed by atoms with Crippen LogP contribution in [-0.4, -0.2) is 9.55 Å². The minimum absolute atomic E-state index is 0.103. The molecule has 84 valence electrons. The normalized spacial score (nSPS) is 17.0. The van der Waals surface area contributed by atoms with Gasteiger partial charge in [0.15, 0.2) is 0 Å². The van der Waals surface area contributed by atoms with Gasteiger partial charge in [0.1, 0.15) is 12.3 Å². The summed E-state index contributed by atoms with van der Waals surface area (Å²) in [5.74, 6) is 0. The van der Waals surface area contributed by atoms with Crippen molar-refractivity contribution in [2.45, 2.75) is 6.18 Å². The monoisotopic (exact) mass is 296 g/mol. The van der Waals surface area contributed by atoms with E-state index in [1.54, 1.807) is 0 Å². The molecule has 0 aliphatic carbocycles. The zero-order valence-corrected chi connectivity index (χ0v) is 8.99. The molecular weight excluding hydrogens is 285 g/mol. The zero-order valence-electron chi connectivity index (χ0n) is 13.4. The Morgan fingerprint density at radius 1 is 1.25 bits per heavy atom. The van der Waals surface area contributed by atoms with Crippen LogP contribution in [0, 0.1) is 0 Å².